The van der Waals surface area contributed by atoms with Crippen molar-refractivity contribution in [2.45, 2.75) is 40.7 Å². The van der Waals surface area contributed by atoms with Crippen LogP contribution in [0.25, 0.3) is 0 Å². The number of Topliss-reactive ketones (excluding diaryl/α,β-unsaturated/α-hetero) is 1. The van der Waals surface area contributed by atoms with Gasteiger partial charge in [0.2, 0.25) is 0 Å². The smallest absolute Gasteiger partial charge is 0.319 e. The van der Waals surface area contributed by atoms with E-state index < -0.39 is 22.9 Å². The monoisotopic (exact) mass is 210 g/mol. The third-order valence-corrected chi connectivity index (χ3v) is 2.98. The van der Waals surface area contributed by atoms with Crippen molar-refractivity contribution >= 4 is 11.8 Å². The number of esters is 1. The van der Waals surface area contributed by atoms with E-state index in [0.29, 0.717) is 0 Å². The van der Waals surface area contributed by atoms with Gasteiger partial charge in [-0.15, -0.1) is 0 Å². The van der Waals surface area contributed by atoms with Crippen LogP contribution in [0.2, 0.25) is 0 Å². The number of ketones is 1. The zero-order valence-corrected chi connectivity index (χ0v) is 9.96. The van der Waals surface area contributed by atoms with Crippen LogP contribution in [-0.4, -0.2) is 17.9 Å². The van der Waals surface area contributed by atoms with Crippen molar-refractivity contribution in [2.24, 2.45) is 10.8 Å². The molecule has 84 valence electrons. The Hall–Kier alpha value is -1.12. The molecule has 0 saturated carbocycles. The van der Waals surface area contributed by atoms with Crippen LogP contribution in [0.15, 0.2) is 12.2 Å². The van der Waals surface area contributed by atoms with E-state index in [-0.39, 0.29) is 5.78 Å². The fraction of sp³-hybridized carbons (Fsp3) is 0.667. The fourth-order valence-electron chi connectivity index (χ4n) is 1.89. The van der Waals surface area contributed by atoms with Gasteiger partial charge in [-0.3, -0.25) is 9.59 Å². The van der Waals surface area contributed by atoms with Gasteiger partial charge in [0.05, 0.1) is 5.41 Å². The van der Waals surface area contributed by atoms with Crippen LogP contribution in [0.3, 0.4) is 0 Å². The molecule has 0 N–H and O–H groups in total. The van der Waals surface area contributed by atoms with Gasteiger partial charge in [-0.1, -0.05) is 6.08 Å². The van der Waals surface area contributed by atoms with E-state index in [1.54, 1.807) is 26.0 Å². The molecule has 1 heterocycles. The molecule has 1 aliphatic heterocycles. The SMILES string of the molecule is CC=CC1OC(=O)C(C)(C)C(=O)C1(C)C. The van der Waals surface area contributed by atoms with Crippen LogP contribution < -0.4 is 0 Å². The van der Waals surface area contributed by atoms with Crippen molar-refractivity contribution in [2.75, 3.05) is 0 Å². The van der Waals surface area contributed by atoms with Crippen LogP contribution in [0.5, 0.6) is 0 Å². The topological polar surface area (TPSA) is 43.4 Å². The maximum absolute atomic E-state index is 12.1. The molecule has 3 nitrogen and oxygen atoms in total. The number of cyclic esters (lactones) is 1. The molecule has 0 aliphatic carbocycles. The van der Waals surface area contributed by atoms with Gasteiger partial charge in [0, 0.05) is 0 Å². The summed E-state index contributed by atoms with van der Waals surface area (Å²) >= 11 is 0. The predicted octanol–water partition coefficient (Wildman–Crippen LogP) is 2.11. The largest absolute Gasteiger partial charge is 0.456 e. The molecule has 3 heteroatoms. The molecule has 0 aromatic heterocycles. The quantitative estimate of drug-likeness (QED) is 0.378. The molecule has 0 aromatic rings. The number of hydrogen-bond donors (Lipinski definition) is 0. The fourth-order valence-corrected chi connectivity index (χ4v) is 1.89. The number of ether oxygens (including phenoxy) is 1. The number of allylic oxidation sites excluding steroid dienone is 1. The number of carbonyl (C=O) groups excluding carboxylic acids is 2. The molecule has 0 aromatic carbocycles. The van der Waals surface area contributed by atoms with Crippen molar-refractivity contribution in [3.8, 4) is 0 Å². The summed E-state index contributed by atoms with van der Waals surface area (Å²) in [7, 11) is 0. The second kappa shape index (κ2) is 3.47. The molecule has 1 atom stereocenters. The molecule has 1 aliphatic rings. The summed E-state index contributed by atoms with van der Waals surface area (Å²) in [6.07, 6.45) is 3.10. The Bertz CT molecular complexity index is 324. The first-order valence-corrected chi connectivity index (χ1v) is 5.13. The minimum Gasteiger partial charge on any atom is -0.456 e. The maximum atomic E-state index is 12.1. The van der Waals surface area contributed by atoms with Crippen LogP contribution in [0, 0.1) is 10.8 Å². The lowest BCUT2D eigenvalue weighted by Crippen LogP contribution is -2.55. The van der Waals surface area contributed by atoms with E-state index in [9.17, 15) is 9.59 Å². The van der Waals surface area contributed by atoms with Gasteiger partial charge in [0.1, 0.15) is 11.5 Å². The Morgan fingerprint density at radius 2 is 1.73 bits per heavy atom. The highest BCUT2D eigenvalue weighted by Gasteiger charge is 2.54. The van der Waals surface area contributed by atoms with Gasteiger partial charge in [-0.2, -0.15) is 0 Å². The Morgan fingerprint density at radius 1 is 1.20 bits per heavy atom. The average molecular weight is 210 g/mol. The molecule has 0 spiro atoms. The first-order valence-electron chi connectivity index (χ1n) is 5.13. The molecule has 1 saturated heterocycles. The van der Waals surface area contributed by atoms with Crippen LogP contribution in [0.1, 0.15) is 34.6 Å². The van der Waals surface area contributed by atoms with E-state index >= 15 is 0 Å². The van der Waals surface area contributed by atoms with Gasteiger partial charge in [-0.25, -0.2) is 0 Å². The Labute approximate surface area is 90.5 Å². The van der Waals surface area contributed by atoms with E-state index in [0.717, 1.165) is 0 Å². The first-order chi connectivity index (χ1) is 6.74. The lowest BCUT2D eigenvalue weighted by atomic mass is 9.68. The summed E-state index contributed by atoms with van der Waals surface area (Å²) in [4.78, 5) is 23.8. The molecular formula is C12H18O3. The lowest BCUT2D eigenvalue weighted by molar-refractivity contribution is -0.181. The van der Waals surface area contributed by atoms with Gasteiger partial charge < -0.3 is 4.74 Å². The van der Waals surface area contributed by atoms with Crippen molar-refractivity contribution in [1.82, 2.24) is 0 Å². The average Bonchev–Trinajstić information content (AvgIpc) is 2.13. The van der Waals surface area contributed by atoms with E-state index in [1.807, 2.05) is 20.8 Å². The van der Waals surface area contributed by atoms with Crippen LogP contribution in [-0.2, 0) is 14.3 Å². The van der Waals surface area contributed by atoms with Crippen LogP contribution in [0.4, 0.5) is 0 Å². The highest BCUT2D eigenvalue weighted by molar-refractivity contribution is 6.07. The van der Waals surface area contributed by atoms with E-state index in [1.165, 1.54) is 0 Å². The van der Waals surface area contributed by atoms with Crippen molar-refractivity contribution < 1.29 is 14.3 Å². The van der Waals surface area contributed by atoms with E-state index in [4.69, 9.17) is 4.74 Å². The normalized spacial score (nSPS) is 29.3. The second-order valence-corrected chi connectivity index (χ2v) is 5.03. The Balaban J connectivity index is 3.13. The highest BCUT2D eigenvalue weighted by atomic mass is 16.5. The molecule has 1 unspecified atom stereocenters. The summed E-state index contributed by atoms with van der Waals surface area (Å²) in [5.74, 6) is -0.496. The summed E-state index contributed by atoms with van der Waals surface area (Å²) in [6, 6.07) is 0. The standard InChI is InChI=1S/C12H18O3/c1-6-7-8-11(2,3)9(13)12(4,5)10(14)15-8/h6-8H,1-5H3. The van der Waals surface area contributed by atoms with Gasteiger partial charge in [0.25, 0.3) is 0 Å². The summed E-state index contributed by atoms with van der Waals surface area (Å²) in [5, 5.41) is 0. The first kappa shape index (κ1) is 12.0. The highest BCUT2D eigenvalue weighted by Crippen LogP contribution is 2.40. The maximum Gasteiger partial charge on any atom is 0.319 e. The van der Waals surface area contributed by atoms with Gasteiger partial charge in [0.15, 0.2) is 5.78 Å². The summed E-state index contributed by atoms with van der Waals surface area (Å²) in [6.45, 7) is 8.70. The lowest BCUT2D eigenvalue weighted by Gasteiger charge is -2.41. The second-order valence-electron chi connectivity index (χ2n) is 5.03. The predicted molar refractivity (Wildman–Crippen MR) is 57.3 cm³/mol. The van der Waals surface area contributed by atoms with Crippen molar-refractivity contribution in [3.63, 3.8) is 0 Å². The molecule has 0 radical (unpaired) electrons. The zero-order chi connectivity index (χ0) is 11.9. The number of hydrogen-bond acceptors (Lipinski definition) is 3. The zero-order valence-electron chi connectivity index (χ0n) is 9.96. The number of carbonyl (C=O) groups is 2. The van der Waals surface area contributed by atoms with E-state index in [2.05, 4.69) is 0 Å². The van der Waals surface area contributed by atoms with Gasteiger partial charge >= 0.3 is 5.97 Å². The van der Waals surface area contributed by atoms with Crippen LogP contribution >= 0.6 is 0 Å². The summed E-state index contributed by atoms with van der Waals surface area (Å²) in [5.41, 5.74) is -1.68. The summed E-state index contributed by atoms with van der Waals surface area (Å²) < 4.78 is 5.28. The minimum atomic E-state index is -1.03. The molecule has 15 heavy (non-hydrogen) atoms. The van der Waals surface area contributed by atoms with Crippen molar-refractivity contribution in [3.05, 3.63) is 12.2 Å². The number of rotatable bonds is 1. The van der Waals surface area contributed by atoms with Gasteiger partial charge in [-0.05, 0) is 40.7 Å². The van der Waals surface area contributed by atoms with Crippen molar-refractivity contribution in [1.29, 1.82) is 0 Å². The molecule has 0 amide bonds. The third-order valence-electron chi connectivity index (χ3n) is 2.98. The molecule has 1 rings (SSSR count). The Morgan fingerprint density at radius 3 is 2.20 bits per heavy atom. The molecule has 1 fully saturated rings. The molecular weight excluding hydrogens is 192 g/mol. The minimum absolute atomic E-state index is 0.0608. The molecule has 0 bridgehead atoms. The Kier molecular flexibility index (Phi) is 2.77. The third kappa shape index (κ3) is 1.71.